The molecule has 0 saturated heterocycles. The predicted octanol–water partition coefficient (Wildman–Crippen LogP) is 10.6. The third-order valence-electron chi connectivity index (χ3n) is 12.1. The van der Waals surface area contributed by atoms with Crippen molar-refractivity contribution in [2.24, 2.45) is 0 Å². The van der Waals surface area contributed by atoms with E-state index < -0.39 is 8.07 Å². The van der Waals surface area contributed by atoms with Crippen molar-refractivity contribution in [1.29, 1.82) is 0 Å². The molecule has 1 atom stereocenters. The van der Waals surface area contributed by atoms with Crippen LogP contribution in [0.4, 0.5) is 0 Å². The van der Waals surface area contributed by atoms with Crippen molar-refractivity contribution in [2.45, 2.75) is 0 Å². The van der Waals surface area contributed by atoms with Gasteiger partial charge in [0.25, 0.3) is 0 Å². The van der Waals surface area contributed by atoms with Gasteiger partial charge in [-0.1, -0.05) is 133 Å². The first-order valence-electron chi connectivity index (χ1n) is 19.8. The van der Waals surface area contributed by atoms with E-state index in [9.17, 15) is 0 Å². The number of hydrogen-bond acceptors (Lipinski definition) is 2. The minimum absolute atomic E-state index is 0.908. The van der Waals surface area contributed by atoms with Crippen molar-refractivity contribution < 1.29 is 4.42 Å². The Morgan fingerprint density at radius 3 is 1.48 bits per heavy atom. The van der Waals surface area contributed by atoms with Gasteiger partial charge in [-0.25, -0.2) is 0 Å². The highest BCUT2D eigenvalue weighted by molar-refractivity contribution is 7.19. The first-order valence-corrected chi connectivity index (χ1v) is 21.8. The summed E-state index contributed by atoms with van der Waals surface area (Å²) in [4.78, 5) is 5.18. The van der Waals surface area contributed by atoms with Crippen molar-refractivity contribution in [2.75, 3.05) is 0 Å². The molecule has 0 bridgehead atoms. The van der Waals surface area contributed by atoms with E-state index in [1.165, 1.54) is 42.8 Å². The summed E-state index contributed by atoms with van der Waals surface area (Å²) in [7, 11) is -2.93. The molecule has 4 heterocycles. The van der Waals surface area contributed by atoms with Crippen molar-refractivity contribution in [3.8, 4) is 11.4 Å². The van der Waals surface area contributed by atoms with Crippen LogP contribution in [0.25, 0.3) is 76.9 Å². The normalized spacial score (nSPS) is 13.0. The van der Waals surface area contributed by atoms with Gasteiger partial charge in [0.2, 0.25) is 8.07 Å². The van der Waals surface area contributed by atoms with Crippen LogP contribution in [0.1, 0.15) is 0 Å². The molecule has 12 rings (SSSR count). The summed E-state index contributed by atoms with van der Waals surface area (Å²) in [6.45, 7) is 0. The Labute approximate surface area is 335 Å². The summed E-state index contributed by atoms with van der Waals surface area (Å²) in [6, 6.07) is 74.8. The number of nitrogens with zero attached hydrogens (tertiary/aromatic N) is 3. The topological polar surface area (TPSA) is 35.9 Å². The first kappa shape index (κ1) is 32.7. The van der Waals surface area contributed by atoms with Crippen LogP contribution in [0.3, 0.4) is 0 Å². The Morgan fingerprint density at radius 1 is 0.362 bits per heavy atom. The number of fused-ring (bicyclic) bond motifs is 10. The fourth-order valence-electron chi connectivity index (χ4n) is 9.65. The van der Waals surface area contributed by atoms with Gasteiger partial charge >= 0.3 is 0 Å². The second kappa shape index (κ2) is 12.8. The third-order valence-corrected chi connectivity index (χ3v) is 16.8. The molecule has 272 valence electrons. The van der Waals surface area contributed by atoms with E-state index in [0.29, 0.717) is 0 Å². The summed E-state index contributed by atoms with van der Waals surface area (Å²) in [5, 5.41) is 12.0. The Bertz CT molecular complexity index is 3400. The van der Waals surface area contributed by atoms with Gasteiger partial charge in [0.15, 0.2) is 0 Å². The molecule has 0 N–H and O–H groups in total. The van der Waals surface area contributed by atoms with Crippen LogP contribution in [-0.4, -0.2) is 22.2 Å². The Morgan fingerprint density at radius 2 is 0.862 bits per heavy atom. The van der Waals surface area contributed by atoms with E-state index in [2.05, 4.69) is 203 Å². The second-order valence-corrected chi connectivity index (χ2v) is 18.8. The SMILES string of the molecule is c1ccc([Si](c2ccc(-n3c4ccccc4c4ccccc43)cc2)(c2ccc(-n3c4ccccc4c4c5oc6ccccc6c5ccc43)cc2)c2ccccn2)cc1. The highest BCUT2D eigenvalue weighted by Crippen LogP contribution is 2.40. The van der Waals surface area contributed by atoms with Crippen LogP contribution < -0.4 is 20.9 Å². The van der Waals surface area contributed by atoms with Crippen molar-refractivity contribution >= 4 is 94.5 Å². The maximum absolute atomic E-state index is 6.59. The smallest absolute Gasteiger partial charge is 0.201 e. The van der Waals surface area contributed by atoms with Gasteiger partial charge in [-0.3, -0.25) is 4.98 Å². The zero-order valence-corrected chi connectivity index (χ0v) is 32.5. The van der Waals surface area contributed by atoms with Gasteiger partial charge in [-0.15, -0.1) is 0 Å². The number of hydrogen-bond donors (Lipinski definition) is 0. The summed E-state index contributed by atoms with van der Waals surface area (Å²) in [6.07, 6.45) is 1.94. The fraction of sp³-hybridized carbons (Fsp3) is 0. The van der Waals surface area contributed by atoms with E-state index in [4.69, 9.17) is 9.40 Å². The van der Waals surface area contributed by atoms with Crippen LogP contribution in [0.15, 0.2) is 217 Å². The number of aromatic nitrogens is 3. The van der Waals surface area contributed by atoms with Gasteiger partial charge in [0, 0.05) is 49.8 Å². The Kier molecular flexibility index (Phi) is 7.21. The molecular formula is C53H35N3OSi. The van der Waals surface area contributed by atoms with Crippen molar-refractivity contribution in [1.82, 2.24) is 14.1 Å². The maximum Gasteiger partial charge on any atom is 0.201 e. The highest BCUT2D eigenvalue weighted by atomic mass is 28.3. The van der Waals surface area contributed by atoms with E-state index in [-0.39, 0.29) is 0 Å². The monoisotopic (exact) mass is 757 g/mol. The molecular weight excluding hydrogens is 723 g/mol. The van der Waals surface area contributed by atoms with Crippen LogP contribution in [-0.2, 0) is 0 Å². The molecule has 12 aromatic rings. The lowest BCUT2D eigenvalue weighted by Crippen LogP contribution is -2.75. The molecule has 4 nitrogen and oxygen atoms in total. The Hall–Kier alpha value is -7.47. The molecule has 0 amide bonds. The average molecular weight is 758 g/mol. The molecule has 5 heteroatoms. The van der Waals surface area contributed by atoms with E-state index in [1.54, 1.807) is 0 Å². The maximum atomic E-state index is 6.59. The molecule has 58 heavy (non-hydrogen) atoms. The number of benzene rings is 8. The highest BCUT2D eigenvalue weighted by Gasteiger charge is 2.43. The van der Waals surface area contributed by atoms with E-state index in [1.807, 2.05) is 18.3 Å². The number of rotatable bonds is 6. The predicted molar refractivity (Wildman–Crippen MR) is 244 cm³/mol. The van der Waals surface area contributed by atoms with Crippen LogP contribution in [0, 0.1) is 0 Å². The molecule has 0 saturated carbocycles. The van der Waals surface area contributed by atoms with Gasteiger partial charge in [-0.2, -0.15) is 0 Å². The zero-order chi connectivity index (χ0) is 38.2. The number of pyridine rings is 1. The van der Waals surface area contributed by atoms with E-state index in [0.717, 1.165) is 55.1 Å². The minimum atomic E-state index is -2.93. The van der Waals surface area contributed by atoms with Crippen LogP contribution >= 0.6 is 0 Å². The molecule has 0 aliphatic heterocycles. The molecule has 1 unspecified atom stereocenters. The summed E-state index contributed by atoms with van der Waals surface area (Å²) in [5.41, 5.74) is 8.75. The number of furan rings is 1. The standard InChI is InChI=1S/C53H35N3OSi/c1-2-14-38(15-3-1)58(51-24-12-13-35-54-51,39-29-25-36(26-30-39)55-46-20-8-4-16-41(46)42-17-5-9-21-47(42)55)40-31-27-37(28-32-40)56-48-22-10-6-19-45(48)52-49(56)34-33-44-43-18-7-11-23-50(43)57-53(44)52/h1-35H. The lowest BCUT2D eigenvalue weighted by molar-refractivity contribution is 0.673. The van der Waals surface area contributed by atoms with Crippen LogP contribution in [0.5, 0.6) is 0 Å². The first-order chi connectivity index (χ1) is 28.8. The van der Waals surface area contributed by atoms with Gasteiger partial charge < -0.3 is 13.6 Å². The van der Waals surface area contributed by atoms with Crippen molar-refractivity contribution in [3.05, 3.63) is 212 Å². The lowest BCUT2D eigenvalue weighted by atomic mass is 10.1. The van der Waals surface area contributed by atoms with Gasteiger partial charge in [0.1, 0.15) is 11.2 Å². The second-order valence-electron chi connectivity index (χ2n) is 15.1. The minimum Gasteiger partial charge on any atom is -0.455 e. The molecule has 0 spiro atoms. The largest absolute Gasteiger partial charge is 0.455 e. The molecule has 0 radical (unpaired) electrons. The summed E-state index contributed by atoms with van der Waals surface area (Å²) in [5.74, 6) is 0. The zero-order valence-electron chi connectivity index (χ0n) is 31.5. The molecule has 0 aliphatic rings. The summed E-state index contributed by atoms with van der Waals surface area (Å²) >= 11 is 0. The number of para-hydroxylation sites is 4. The van der Waals surface area contributed by atoms with Crippen molar-refractivity contribution in [3.63, 3.8) is 0 Å². The van der Waals surface area contributed by atoms with Crippen LogP contribution in [0.2, 0.25) is 0 Å². The van der Waals surface area contributed by atoms with Gasteiger partial charge in [-0.05, 0) is 88.4 Å². The molecule has 8 aromatic carbocycles. The third kappa shape index (κ3) is 4.65. The van der Waals surface area contributed by atoms with E-state index >= 15 is 0 Å². The quantitative estimate of drug-likeness (QED) is 0.125. The average Bonchev–Trinajstić information content (AvgIpc) is 3.96. The lowest BCUT2D eigenvalue weighted by Gasteiger charge is -2.33. The van der Waals surface area contributed by atoms with Gasteiger partial charge in [0.05, 0.1) is 27.5 Å². The molecule has 0 aliphatic carbocycles. The summed E-state index contributed by atoms with van der Waals surface area (Å²) < 4.78 is 11.4. The fourth-order valence-corrected chi connectivity index (χ4v) is 14.2. The molecule has 4 aromatic heterocycles. The molecule has 0 fully saturated rings. The Balaban J connectivity index is 1.06.